The SMILES string of the molecule is CC1CS(=O)(=O)N(c2cccc(C(=O)Nc3nccs3)c2)C1=O. The smallest absolute Gasteiger partial charge is 0.257 e. The summed E-state index contributed by atoms with van der Waals surface area (Å²) in [6, 6.07) is 5.96. The first kappa shape index (κ1) is 15.6. The molecule has 2 amide bonds. The second-order valence-corrected chi connectivity index (χ2v) is 7.88. The lowest BCUT2D eigenvalue weighted by atomic mass is 10.1. The topological polar surface area (TPSA) is 96.4 Å². The number of benzene rings is 1. The minimum Gasteiger partial charge on any atom is -0.298 e. The number of carbonyl (C=O) groups excluding carboxylic acids is 2. The van der Waals surface area contributed by atoms with Gasteiger partial charge in [0.05, 0.1) is 17.4 Å². The van der Waals surface area contributed by atoms with Gasteiger partial charge in [-0.1, -0.05) is 13.0 Å². The van der Waals surface area contributed by atoms with Crippen molar-refractivity contribution in [3.05, 3.63) is 41.4 Å². The van der Waals surface area contributed by atoms with Crippen LogP contribution in [-0.2, 0) is 14.8 Å². The molecule has 3 rings (SSSR count). The third kappa shape index (κ3) is 2.97. The highest BCUT2D eigenvalue weighted by molar-refractivity contribution is 7.94. The maximum atomic E-state index is 12.2. The lowest BCUT2D eigenvalue weighted by molar-refractivity contribution is -0.119. The van der Waals surface area contributed by atoms with Gasteiger partial charge in [-0.2, -0.15) is 0 Å². The zero-order valence-corrected chi connectivity index (χ0v) is 13.7. The van der Waals surface area contributed by atoms with Crippen molar-refractivity contribution in [3.8, 4) is 0 Å². The van der Waals surface area contributed by atoms with E-state index in [1.54, 1.807) is 24.6 Å². The summed E-state index contributed by atoms with van der Waals surface area (Å²) in [5, 5.41) is 4.78. The summed E-state index contributed by atoms with van der Waals surface area (Å²) in [4.78, 5) is 28.2. The Bertz CT molecular complexity index is 862. The minimum absolute atomic E-state index is 0.172. The van der Waals surface area contributed by atoms with Crippen LogP contribution in [0.2, 0.25) is 0 Å². The molecule has 0 radical (unpaired) electrons. The van der Waals surface area contributed by atoms with Crippen LogP contribution in [0.25, 0.3) is 0 Å². The van der Waals surface area contributed by atoms with Crippen molar-refractivity contribution in [3.63, 3.8) is 0 Å². The average molecular weight is 351 g/mol. The fourth-order valence-electron chi connectivity index (χ4n) is 2.31. The van der Waals surface area contributed by atoms with E-state index in [1.165, 1.54) is 29.5 Å². The molecule has 0 spiro atoms. The lowest BCUT2D eigenvalue weighted by Gasteiger charge is -2.16. The van der Waals surface area contributed by atoms with Gasteiger partial charge in [0.1, 0.15) is 0 Å². The number of nitrogens with zero attached hydrogens (tertiary/aromatic N) is 2. The van der Waals surface area contributed by atoms with E-state index in [0.29, 0.717) is 5.13 Å². The lowest BCUT2D eigenvalue weighted by Crippen LogP contribution is -2.30. The van der Waals surface area contributed by atoms with Gasteiger partial charge in [0.15, 0.2) is 5.13 Å². The highest BCUT2D eigenvalue weighted by atomic mass is 32.2. The summed E-state index contributed by atoms with van der Waals surface area (Å²) in [6.45, 7) is 1.57. The molecule has 2 heterocycles. The summed E-state index contributed by atoms with van der Waals surface area (Å²) < 4.78 is 25.0. The van der Waals surface area contributed by atoms with Gasteiger partial charge in [-0.05, 0) is 18.2 Å². The second kappa shape index (κ2) is 5.74. The molecule has 1 fully saturated rings. The number of thiazole rings is 1. The van der Waals surface area contributed by atoms with Crippen LogP contribution >= 0.6 is 11.3 Å². The van der Waals surface area contributed by atoms with Gasteiger partial charge >= 0.3 is 0 Å². The number of aromatic nitrogens is 1. The molecule has 1 aromatic carbocycles. The number of nitrogens with one attached hydrogen (secondary N) is 1. The first-order valence-corrected chi connectivity index (χ1v) is 9.25. The Morgan fingerprint density at radius 3 is 2.83 bits per heavy atom. The number of anilines is 2. The standard InChI is InChI=1S/C14H13N3O4S2/c1-9-8-23(20,21)17(13(9)19)11-4-2-3-10(7-11)12(18)16-14-15-5-6-22-14/h2-7,9H,8H2,1H3,(H,15,16,18). The second-order valence-electron chi connectivity index (χ2n) is 5.12. The third-order valence-electron chi connectivity index (χ3n) is 3.36. The van der Waals surface area contributed by atoms with Crippen molar-refractivity contribution in [2.75, 3.05) is 15.4 Å². The van der Waals surface area contributed by atoms with Crippen molar-refractivity contribution < 1.29 is 18.0 Å². The first-order valence-electron chi connectivity index (χ1n) is 6.76. The predicted octanol–water partition coefficient (Wildman–Crippen LogP) is 1.71. The molecule has 23 heavy (non-hydrogen) atoms. The van der Waals surface area contributed by atoms with Gasteiger partial charge in [-0.3, -0.25) is 14.9 Å². The van der Waals surface area contributed by atoms with Crippen LogP contribution < -0.4 is 9.62 Å². The van der Waals surface area contributed by atoms with E-state index < -0.39 is 27.8 Å². The molecule has 1 atom stereocenters. The molecular formula is C14H13N3O4S2. The Morgan fingerprint density at radius 1 is 1.43 bits per heavy atom. The van der Waals surface area contributed by atoms with Crippen LogP contribution in [0.15, 0.2) is 35.8 Å². The molecule has 1 aromatic heterocycles. The van der Waals surface area contributed by atoms with Crippen LogP contribution in [0.1, 0.15) is 17.3 Å². The molecule has 0 aliphatic carbocycles. The van der Waals surface area contributed by atoms with Gasteiger partial charge in [0.25, 0.3) is 5.91 Å². The van der Waals surface area contributed by atoms with E-state index >= 15 is 0 Å². The zero-order chi connectivity index (χ0) is 16.6. The summed E-state index contributed by atoms with van der Waals surface area (Å²) in [6.07, 6.45) is 1.56. The van der Waals surface area contributed by atoms with Crippen LogP contribution in [0.4, 0.5) is 10.8 Å². The number of sulfonamides is 1. The number of carbonyl (C=O) groups is 2. The molecule has 120 valence electrons. The Labute approximate surface area is 137 Å². The first-order chi connectivity index (χ1) is 10.9. The third-order valence-corrected chi connectivity index (χ3v) is 5.91. The van der Waals surface area contributed by atoms with E-state index in [1.807, 2.05) is 0 Å². The predicted molar refractivity (Wildman–Crippen MR) is 86.9 cm³/mol. The number of rotatable bonds is 3. The molecule has 0 bridgehead atoms. The molecule has 1 unspecified atom stereocenters. The van der Waals surface area contributed by atoms with E-state index in [-0.39, 0.29) is 17.0 Å². The molecule has 7 nitrogen and oxygen atoms in total. The molecule has 1 N–H and O–H groups in total. The molecule has 1 aliphatic rings. The molecule has 2 aromatic rings. The number of amides is 2. The van der Waals surface area contributed by atoms with Crippen LogP contribution in [-0.4, -0.2) is 31.0 Å². The normalized spacial score (nSPS) is 19.8. The van der Waals surface area contributed by atoms with Crippen molar-refractivity contribution in [1.82, 2.24) is 4.98 Å². The van der Waals surface area contributed by atoms with Gasteiger partial charge in [-0.15, -0.1) is 11.3 Å². The monoisotopic (exact) mass is 351 g/mol. The van der Waals surface area contributed by atoms with Gasteiger partial charge in [-0.25, -0.2) is 17.7 Å². The Hall–Kier alpha value is -2.26. The number of hydrogen-bond acceptors (Lipinski definition) is 6. The number of hydrogen-bond donors (Lipinski definition) is 1. The Kier molecular flexibility index (Phi) is 3.90. The summed E-state index contributed by atoms with van der Waals surface area (Å²) in [5.41, 5.74) is 0.423. The quantitative estimate of drug-likeness (QED) is 0.908. The summed E-state index contributed by atoms with van der Waals surface area (Å²) in [5.74, 6) is -1.71. The fourth-order valence-corrected chi connectivity index (χ4v) is 4.65. The van der Waals surface area contributed by atoms with Crippen molar-refractivity contribution >= 4 is 44.0 Å². The van der Waals surface area contributed by atoms with Crippen molar-refractivity contribution in [1.29, 1.82) is 0 Å². The summed E-state index contributed by atoms with van der Waals surface area (Å²) in [7, 11) is -3.69. The molecule has 1 saturated heterocycles. The van der Waals surface area contributed by atoms with Gasteiger partial charge in [0.2, 0.25) is 15.9 Å². The maximum Gasteiger partial charge on any atom is 0.257 e. The van der Waals surface area contributed by atoms with Crippen LogP contribution in [0, 0.1) is 5.92 Å². The largest absolute Gasteiger partial charge is 0.298 e. The molecule has 0 saturated carbocycles. The molecule has 1 aliphatic heterocycles. The van der Waals surface area contributed by atoms with Crippen molar-refractivity contribution in [2.24, 2.45) is 5.92 Å². The van der Waals surface area contributed by atoms with Gasteiger partial charge < -0.3 is 0 Å². The Balaban J connectivity index is 1.91. The van der Waals surface area contributed by atoms with E-state index in [9.17, 15) is 18.0 Å². The Morgan fingerprint density at radius 2 is 2.22 bits per heavy atom. The van der Waals surface area contributed by atoms with E-state index in [0.717, 1.165) is 4.31 Å². The zero-order valence-electron chi connectivity index (χ0n) is 12.1. The molecular weight excluding hydrogens is 338 g/mol. The van der Waals surface area contributed by atoms with Crippen LogP contribution in [0.5, 0.6) is 0 Å². The summed E-state index contributed by atoms with van der Waals surface area (Å²) >= 11 is 1.27. The highest BCUT2D eigenvalue weighted by Gasteiger charge is 2.42. The maximum absolute atomic E-state index is 12.2. The average Bonchev–Trinajstić information content (AvgIpc) is 3.06. The van der Waals surface area contributed by atoms with E-state index in [2.05, 4.69) is 10.3 Å². The van der Waals surface area contributed by atoms with Gasteiger partial charge in [0, 0.05) is 17.1 Å². The van der Waals surface area contributed by atoms with E-state index in [4.69, 9.17) is 0 Å². The molecule has 9 heteroatoms. The van der Waals surface area contributed by atoms with Crippen molar-refractivity contribution in [2.45, 2.75) is 6.92 Å². The van der Waals surface area contributed by atoms with Crippen LogP contribution in [0.3, 0.4) is 0 Å². The minimum atomic E-state index is -3.69. The fraction of sp³-hybridized carbons (Fsp3) is 0.214. The highest BCUT2D eigenvalue weighted by Crippen LogP contribution is 2.29.